The Morgan fingerprint density at radius 1 is 1.30 bits per heavy atom. The van der Waals surface area contributed by atoms with Gasteiger partial charge in [0.05, 0.1) is 11.6 Å². The van der Waals surface area contributed by atoms with E-state index in [4.69, 9.17) is 9.47 Å². The SMILES string of the molecule is CCCNC(c1ccc2c(c1)OCCO2)c1cncs1. The van der Waals surface area contributed by atoms with Gasteiger partial charge in [-0.15, -0.1) is 11.3 Å². The molecule has 0 aliphatic carbocycles. The van der Waals surface area contributed by atoms with Gasteiger partial charge in [0.1, 0.15) is 13.2 Å². The second-order valence-electron chi connectivity index (χ2n) is 4.69. The zero-order valence-corrected chi connectivity index (χ0v) is 12.3. The van der Waals surface area contributed by atoms with Crippen LogP contribution in [0.1, 0.15) is 29.8 Å². The molecule has 3 rings (SSSR count). The highest BCUT2D eigenvalue weighted by molar-refractivity contribution is 7.09. The summed E-state index contributed by atoms with van der Waals surface area (Å²) in [4.78, 5) is 5.40. The Labute approximate surface area is 122 Å². The second-order valence-corrected chi connectivity index (χ2v) is 5.61. The van der Waals surface area contributed by atoms with Crippen molar-refractivity contribution in [3.63, 3.8) is 0 Å². The van der Waals surface area contributed by atoms with Gasteiger partial charge in [0, 0.05) is 11.1 Å². The average molecular weight is 290 g/mol. The van der Waals surface area contributed by atoms with Crippen molar-refractivity contribution in [1.29, 1.82) is 0 Å². The minimum atomic E-state index is 0.165. The zero-order chi connectivity index (χ0) is 13.8. The van der Waals surface area contributed by atoms with Crippen molar-refractivity contribution < 1.29 is 9.47 Å². The van der Waals surface area contributed by atoms with E-state index in [1.165, 1.54) is 10.4 Å². The van der Waals surface area contributed by atoms with E-state index in [1.807, 2.05) is 17.8 Å². The quantitative estimate of drug-likeness (QED) is 0.919. The standard InChI is InChI=1S/C15H18N2O2S/c1-2-5-17-15(14-9-16-10-20-14)11-3-4-12-13(8-11)19-7-6-18-12/h3-4,8-10,15,17H,2,5-7H2,1H3. The first-order valence-corrected chi connectivity index (χ1v) is 7.77. The fourth-order valence-corrected chi connectivity index (χ4v) is 3.00. The third-order valence-electron chi connectivity index (χ3n) is 3.23. The zero-order valence-electron chi connectivity index (χ0n) is 11.5. The summed E-state index contributed by atoms with van der Waals surface area (Å²) >= 11 is 1.67. The second kappa shape index (κ2) is 6.24. The highest BCUT2D eigenvalue weighted by Gasteiger charge is 2.19. The van der Waals surface area contributed by atoms with Gasteiger partial charge in [-0.2, -0.15) is 0 Å². The molecular weight excluding hydrogens is 272 g/mol. The Hall–Kier alpha value is -1.59. The fraction of sp³-hybridized carbons (Fsp3) is 0.400. The van der Waals surface area contributed by atoms with Crippen molar-refractivity contribution in [3.05, 3.63) is 40.3 Å². The van der Waals surface area contributed by atoms with Crippen molar-refractivity contribution in [2.75, 3.05) is 19.8 Å². The molecule has 0 bridgehead atoms. The molecule has 1 aromatic carbocycles. The van der Waals surface area contributed by atoms with Crippen molar-refractivity contribution in [2.45, 2.75) is 19.4 Å². The van der Waals surface area contributed by atoms with E-state index < -0.39 is 0 Å². The molecule has 1 N–H and O–H groups in total. The predicted octanol–water partition coefficient (Wildman–Crippen LogP) is 3.00. The molecular formula is C15H18N2O2S. The normalized spacial score (nSPS) is 15.1. The van der Waals surface area contributed by atoms with Crippen molar-refractivity contribution in [2.24, 2.45) is 0 Å². The molecule has 2 aromatic rings. The molecule has 1 aromatic heterocycles. The van der Waals surface area contributed by atoms with E-state index >= 15 is 0 Å². The summed E-state index contributed by atoms with van der Waals surface area (Å²) in [6.45, 7) is 4.38. The third-order valence-corrected chi connectivity index (χ3v) is 4.07. The van der Waals surface area contributed by atoms with E-state index in [0.717, 1.165) is 24.5 Å². The largest absolute Gasteiger partial charge is 0.486 e. The lowest BCUT2D eigenvalue weighted by Gasteiger charge is -2.22. The van der Waals surface area contributed by atoms with E-state index in [-0.39, 0.29) is 6.04 Å². The number of nitrogens with one attached hydrogen (secondary N) is 1. The number of benzene rings is 1. The lowest BCUT2D eigenvalue weighted by Crippen LogP contribution is -2.23. The van der Waals surface area contributed by atoms with Crippen LogP contribution in [0.2, 0.25) is 0 Å². The summed E-state index contributed by atoms with van der Waals surface area (Å²) in [6.07, 6.45) is 3.02. The molecule has 1 atom stereocenters. The Morgan fingerprint density at radius 2 is 2.15 bits per heavy atom. The molecule has 20 heavy (non-hydrogen) atoms. The monoisotopic (exact) mass is 290 g/mol. The summed E-state index contributed by atoms with van der Waals surface area (Å²) in [5.74, 6) is 1.67. The molecule has 2 heterocycles. The van der Waals surface area contributed by atoms with Crippen LogP contribution in [0, 0.1) is 0 Å². The minimum absolute atomic E-state index is 0.165. The highest BCUT2D eigenvalue weighted by atomic mass is 32.1. The summed E-state index contributed by atoms with van der Waals surface area (Å²) in [5, 5.41) is 3.57. The topological polar surface area (TPSA) is 43.4 Å². The molecule has 106 valence electrons. The average Bonchev–Trinajstić information content (AvgIpc) is 3.02. The molecule has 0 saturated heterocycles. The maximum absolute atomic E-state index is 5.67. The Balaban J connectivity index is 1.90. The highest BCUT2D eigenvalue weighted by Crippen LogP contribution is 2.35. The molecule has 0 saturated carbocycles. The first-order valence-electron chi connectivity index (χ1n) is 6.90. The van der Waals surface area contributed by atoms with Crippen LogP contribution in [0.15, 0.2) is 29.9 Å². The van der Waals surface area contributed by atoms with Crippen LogP contribution in [0.5, 0.6) is 11.5 Å². The van der Waals surface area contributed by atoms with E-state index in [2.05, 4.69) is 29.4 Å². The summed E-state index contributed by atoms with van der Waals surface area (Å²) < 4.78 is 11.2. The predicted molar refractivity (Wildman–Crippen MR) is 79.7 cm³/mol. The van der Waals surface area contributed by atoms with Crippen LogP contribution in [0.3, 0.4) is 0 Å². The number of hydrogen-bond donors (Lipinski definition) is 1. The number of hydrogen-bond acceptors (Lipinski definition) is 5. The third kappa shape index (κ3) is 2.78. The summed E-state index contributed by atoms with van der Waals surface area (Å²) in [5.41, 5.74) is 3.06. The van der Waals surface area contributed by atoms with Crippen LogP contribution in [-0.4, -0.2) is 24.7 Å². The molecule has 0 spiro atoms. The number of nitrogens with zero attached hydrogens (tertiary/aromatic N) is 1. The van der Waals surface area contributed by atoms with Crippen LogP contribution in [0.25, 0.3) is 0 Å². The molecule has 0 fully saturated rings. The summed E-state index contributed by atoms with van der Waals surface area (Å²) in [6, 6.07) is 6.33. The van der Waals surface area contributed by atoms with Crippen LogP contribution < -0.4 is 14.8 Å². The molecule has 1 unspecified atom stereocenters. The van der Waals surface area contributed by atoms with Crippen LogP contribution in [0.4, 0.5) is 0 Å². The van der Waals surface area contributed by atoms with Gasteiger partial charge in [0.25, 0.3) is 0 Å². The molecule has 0 radical (unpaired) electrons. The summed E-state index contributed by atoms with van der Waals surface area (Å²) in [7, 11) is 0. The molecule has 4 nitrogen and oxygen atoms in total. The van der Waals surface area contributed by atoms with Gasteiger partial charge in [-0.3, -0.25) is 4.98 Å². The first-order chi connectivity index (χ1) is 9.88. The van der Waals surface area contributed by atoms with Gasteiger partial charge in [-0.1, -0.05) is 13.0 Å². The van der Waals surface area contributed by atoms with Gasteiger partial charge in [0.2, 0.25) is 0 Å². The molecule has 0 amide bonds. The number of ether oxygens (including phenoxy) is 2. The van der Waals surface area contributed by atoms with Gasteiger partial charge in [-0.05, 0) is 30.7 Å². The van der Waals surface area contributed by atoms with Crippen molar-refractivity contribution >= 4 is 11.3 Å². The number of aromatic nitrogens is 1. The van der Waals surface area contributed by atoms with Crippen molar-refractivity contribution in [3.8, 4) is 11.5 Å². The maximum atomic E-state index is 5.67. The molecule has 1 aliphatic rings. The van der Waals surface area contributed by atoms with Crippen LogP contribution >= 0.6 is 11.3 Å². The van der Waals surface area contributed by atoms with E-state index in [0.29, 0.717) is 13.2 Å². The number of rotatable bonds is 5. The number of thiazole rings is 1. The lowest BCUT2D eigenvalue weighted by atomic mass is 10.0. The molecule has 1 aliphatic heterocycles. The van der Waals surface area contributed by atoms with Crippen LogP contribution in [-0.2, 0) is 0 Å². The van der Waals surface area contributed by atoms with E-state index in [1.54, 1.807) is 11.3 Å². The lowest BCUT2D eigenvalue weighted by molar-refractivity contribution is 0.171. The van der Waals surface area contributed by atoms with Gasteiger partial charge >= 0.3 is 0 Å². The van der Waals surface area contributed by atoms with Gasteiger partial charge in [0.15, 0.2) is 11.5 Å². The Kier molecular flexibility index (Phi) is 4.18. The smallest absolute Gasteiger partial charge is 0.161 e. The van der Waals surface area contributed by atoms with E-state index in [9.17, 15) is 0 Å². The molecule has 5 heteroatoms. The van der Waals surface area contributed by atoms with Gasteiger partial charge in [-0.25, -0.2) is 0 Å². The Morgan fingerprint density at radius 3 is 2.90 bits per heavy atom. The number of fused-ring (bicyclic) bond motifs is 1. The maximum Gasteiger partial charge on any atom is 0.161 e. The van der Waals surface area contributed by atoms with Crippen molar-refractivity contribution in [1.82, 2.24) is 10.3 Å². The minimum Gasteiger partial charge on any atom is -0.486 e. The fourth-order valence-electron chi connectivity index (χ4n) is 2.28. The van der Waals surface area contributed by atoms with Gasteiger partial charge < -0.3 is 14.8 Å². The first kappa shape index (κ1) is 13.4. The Bertz CT molecular complexity index is 557.